The van der Waals surface area contributed by atoms with E-state index in [0.29, 0.717) is 23.5 Å². The molecule has 2 N–H and O–H groups in total. The van der Waals surface area contributed by atoms with Crippen molar-refractivity contribution in [3.8, 4) is 5.75 Å². The molecule has 0 radical (unpaired) electrons. The molecular weight excluding hydrogens is 388 g/mol. The first-order valence-corrected chi connectivity index (χ1v) is 10.5. The van der Waals surface area contributed by atoms with Crippen LogP contribution >= 0.6 is 0 Å². The summed E-state index contributed by atoms with van der Waals surface area (Å²) < 4.78 is 5.87. The van der Waals surface area contributed by atoms with E-state index in [1.807, 2.05) is 61.5 Å². The number of rotatable bonds is 9. The van der Waals surface area contributed by atoms with E-state index in [4.69, 9.17) is 4.74 Å². The molecule has 2 amide bonds. The summed E-state index contributed by atoms with van der Waals surface area (Å²) in [7, 11) is 0. The second-order valence-electron chi connectivity index (χ2n) is 7.25. The van der Waals surface area contributed by atoms with Gasteiger partial charge in [0.05, 0.1) is 11.3 Å². The number of anilines is 1. The first kappa shape index (κ1) is 22.1. The third-order valence-corrected chi connectivity index (χ3v) is 5.00. The Labute approximate surface area is 183 Å². The Balaban J connectivity index is 1.61. The summed E-state index contributed by atoms with van der Waals surface area (Å²) >= 11 is 0. The molecule has 3 rings (SSSR count). The van der Waals surface area contributed by atoms with Crippen LogP contribution in [0.2, 0.25) is 0 Å². The highest BCUT2D eigenvalue weighted by molar-refractivity contribution is 6.04. The highest BCUT2D eigenvalue weighted by Crippen LogP contribution is 2.21. The molecule has 0 aliphatic carbocycles. The normalized spacial score (nSPS) is 11.4. The number of benzene rings is 3. The summed E-state index contributed by atoms with van der Waals surface area (Å²) in [5.41, 5.74) is 3.08. The zero-order valence-electron chi connectivity index (χ0n) is 17.9. The van der Waals surface area contributed by atoms with Gasteiger partial charge in [-0.3, -0.25) is 9.59 Å². The largest absolute Gasteiger partial charge is 0.481 e. The van der Waals surface area contributed by atoms with E-state index in [1.165, 1.54) is 0 Å². The number of aryl methyl sites for hydroxylation is 1. The van der Waals surface area contributed by atoms with Gasteiger partial charge in [-0.25, -0.2) is 0 Å². The van der Waals surface area contributed by atoms with E-state index >= 15 is 0 Å². The maximum absolute atomic E-state index is 12.7. The minimum absolute atomic E-state index is 0.225. The molecular formula is C26H28N2O3. The Morgan fingerprint density at radius 3 is 2.35 bits per heavy atom. The van der Waals surface area contributed by atoms with Gasteiger partial charge in [0.1, 0.15) is 5.75 Å². The number of carbonyl (C=O) groups is 2. The maximum Gasteiger partial charge on any atom is 0.265 e. The Morgan fingerprint density at radius 2 is 1.58 bits per heavy atom. The van der Waals surface area contributed by atoms with Crippen LogP contribution in [-0.2, 0) is 17.6 Å². The quantitative estimate of drug-likeness (QED) is 0.535. The van der Waals surface area contributed by atoms with E-state index in [1.54, 1.807) is 31.2 Å². The van der Waals surface area contributed by atoms with Crippen LogP contribution in [0.4, 0.5) is 5.69 Å². The summed E-state index contributed by atoms with van der Waals surface area (Å²) in [6.07, 6.45) is 0.848. The van der Waals surface area contributed by atoms with Gasteiger partial charge in [0.15, 0.2) is 6.10 Å². The highest BCUT2D eigenvalue weighted by Gasteiger charge is 2.19. The van der Waals surface area contributed by atoms with E-state index in [9.17, 15) is 9.59 Å². The van der Waals surface area contributed by atoms with Crippen molar-refractivity contribution in [3.63, 3.8) is 0 Å². The van der Waals surface area contributed by atoms with Crippen LogP contribution in [-0.4, -0.2) is 24.5 Å². The molecule has 1 unspecified atom stereocenters. The van der Waals surface area contributed by atoms with Crippen molar-refractivity contribution < 1.29 is 14.3 Å². The molecule has 0 heterocycles. The van der Waals surface area contributed by atoms with Crippen LogP contribution in [0.25, 0.3) is 0 Å². The lowest BCUT2D eigenvalue weighted by Crippen LogP contribution is -2.32. The molecule has 3 aromatic rings. The van der Waals surface area contributed by atoms with Crippen molar-refractivity contribution in [3.05, 3.63) is 95.6 Å². The average Bonchev–Trinajstić information content (AvgIpc) is 2.80. The van der Waals surface area contributed by atoms with Gasteiger partial charge in [-0.05, 0) is 49.1 Å². The van der Waals surface area contributed by atoms with Crippen LogP contribution in [0, 0.1) is 0 Å². The van der Waals surface area contributed by atoms with Crippen LogP contribution in [0.5, 0.6) is 5.75 Å². The van der Waals surface area contributed by atoms with Crippen LogP contribution in [0.3, 0.4) is 0 Å². The number of para-hydroxylation sites is 2. The van der Waals surface area contributed by atoms with Crippen molar-refractivity contribution in [2.75, 3.05) is 11.9 Å². The number of hydrogen-bond donors (Lipinski definition) is 2. The second-order valence-corrected chi connectivity index (χ2v) is 7.25. The smallest absolute Gasteiger partial charge is 0.265 e. The highest BCUT2D eigenvalue weighted by atomic mass is 16.5. The van der Waals surface area contributed by atoms with E-state index < -0.39 is 6.10 Å². The number of amides is 2. The molecule has 0 fully saturated rings. The minimum atomic E-state index is -0.707. The van der Waals surface area contributed by atoms with Gasteiger partial charge in [0.25, 0.3) is 11.8 Å². The van der Waals surface area contributed by atoms with Gasteiger partial charge in [-0.1, -0.05) is 67.6 Å². The molecule has 0 aliphatic heterocycles. The SMILES string of the molecule is CCc1ccccc1OC(C)C(=O)Nc1ccccc1C(=O)NCCc1ccccc1. The van der Waals surface area contributed by atoms with Gasteiger partial charge < -0.3 is 15.4 Å². The molecule has 0 spiro atoms. The van der Waals surface area contributed by atoms with Crippen molar-refractivity contribution in [1.82, 2.24) is 5.32 Å². The van der Waals surface area contributed by atoms with Crippen molar-refractivity contribution in [2.45, 2.75) is 32.8 Å². The monoisotopic (exact) mass is 416 g/mol. The van der Waals surface area contributed by atoms with Gasteiger partial charge in [-0.15, -0.1) is 0 Å². The zero-order valence-corrected chi connectivity index (χ0v) is 17.9. The molecule has 31 heavy (non-hydrogen) atoms. The first-order chi connectivity index (χ1) is 15.1. The lowest BCUT2D eigenvalue weighted by atomic mass is 10.1. The van der Waals surface area contributed by atoms with E-state index in [0.717, 1.165) is 24.0 Å². The molecule has 1 atom stereocenters. The first-order valence-electron chi connectivity index (χ1n) is 10.5. The minimum Gasteiger partial charge on any atom is -0.481 e. The fourth-order valence-corrected chi connectivity index (χ4v) is 3.24. The molecule has 5 heteroatoms. The Kier molecular flexibility index (Phi) is 7.82. The summed E-state index contributed by atoms with van der Waals surface area (Å²) in [6.45, 7) is 4.25. The molecule has 3 aromatic carbocycles. The summed E-state index contributed by atoms with van der Waals surface area (Å²) in [4.78, 5) is 25.4. The van der Waals surface area contributed by atoms with Crippen molar-refractivity contribution >= 4 is 17.5 Å². The summed E-state index contributed by atoms with van der Waals surface area (Å²) in [5.74, 6) is 0.159. The van der Waals surface area contributed by atoms with Crippen LogP contribution in [0.15, 0.2) is 78.9 Å². The lowest BCUT2D eigenvalue weighted by Gasteiger charge is -2.18. The molecule has 0 aromatic heterocycles. The zero-order chi connectivity index (χ0) is 22.1. The Morgan fingerprint density at radius 1 is 0.903 bits per heavy atom. The van der Waals surface area contributed by atoms with Crippen LogP contribution in [0.1, 0.15) is 35.3 Å². The number of carbonyl (C=O) groups excluding carboxylic acids is 2. The predicted octanol–water partition coefficient (Wildman–Crippen LogP) is 4.63. The summed E-state index contributed by atoms with van der Waals surface area (Å²) in [6, 6.07) is 24.6. The molecule has 5 nitrogen and oxygen atoms in total. The number of nitrogens with one attached hydrogen (secondary N) is 2. The Bertz CT molecular complexity index is 1020. The molecule has 0 saturated carbocycles. The number of hydrogen-bond acceptors (Lipinski definition) is 3. The fourth-order valence-electron chi connectivity index (χ4n) is 3.24. The van der Waals surface area contributed by atoms with Crippen molar-refractivity contribution in [1.29, 1.82) is 0 Å². The van der Waals surface area contributed by atoms with E-state index in [2.05, 4.69) is 10.6 Å². The van der Waals surface area contributed by atoms with Gasteiger partial charge in [-0.2, -0.15) is 0 Å². The fraction of sp³-hybridized carbons (Fsp3) is 0.231. The molecule has 0 bridgehead atoms. The molecule has 0 aliphatic rings. The second kappa shape index (κ2) is 11.0. The van der Waals surface area contributed by atoms with Gasteiger partial charge in [0.2, 0.25) is 0 Å². The molecule has 0 saturated heterocycles. The third kappa shape index (κ3) is 6.19. The topological polar surface area (TPSA) is 67.4 Å². The van der Waals surface area contributed by atoms with E-state index in [-0.39, 0.29) is 11.8 Å². The maximum atomic E-state index is 12.7. The Hall–Kier alpha value is -3.60. The number of ether oxygens (including phenoxy) is 1. The average molecular weight is 417 g/mol. The summed E-state index contributed by atoms with van der Waals surface area (Å²) in [5, 5.41) is 5.76. The van der Waals surface area contributed by atoms with Crippen molar-refractivity contribution in [2.24, 2.45) is 0 Å². The van der Waals surface area contributed by atoms with Gasteiger partial charge >= 0.3 is 0 Å². The third-order valence-electron chi connectivity index (χ3n) is 5.00. The van der Waals surface area contributed by atoms with Crippen LogP contribution < -0.4 is 15.4 Å². The van der Waals surface area contributed by atoms with Gasteiger partial charge in [0, 0.05) is 6.54 Å². The predicted molar refractivity (Wildman–Crippen MR) is 123 cm³/mol. The lowest BCUT2D eigenvalue weighted by molar-refractivity contribution is -0.122. The molecule has 160 valence electrons. The standard InChI is InChI=1S/C26H28N2O3/c1-3-21-13-7-10-16-24(21)31-19(2)25(29)28-23-15-9-8-14-22(23)26(30)27-18-17-20-11-5-4-6-12-20/h4-16,19H,3,17-18H2,1-2H3,(H,27,30)(H,28,29).